The van der Waals surface area contributed by atoms with Crippen LogP contribution in [0.5, 0.6) is 0 Å². The Kier molecular flexibility index (Phi) is 5.15. The molecule has 1 N–H and O–H groups in total. The number of halogens is 2. The van der Waals surface area contributed by atoms with Crippen molar-refractivity contribution in [3.8, 4) is 0 Å². The molecule has 2 aliphatic heterocycles. The normalized spacial score (nSPS) is 22.1. The molecule has 1 saturated heterocycles. The van der Waals surface area contributed by atoms with E-state index in [2.05, 4.69) is 0 Å². The van der Waals surface area contributed by atoms with E-state index in [9.17, 15) is 19.1 Å². The third-order valence-corrected chi connectivity index (χ3v) is 6.32. The Morgan fingerprint density at radius 2 is 2.26 bits per heavy atom. The Morgan fingerprint density at radius 1 is 1.44 bits per heavy atom. The molecule has 0 radical (unpaired) electrons. The van der Waals surface area contributed by atoms with E-state index in [1.165, 1.54) is 17.8 Å². The minimum atomic E-state index is -1.33. The number of thioether (sulfide) groups is 1. The van der Waals surface area contributed by atoms with Gasteiger partial charge in [0, 0.05) is 17.7 Å². The molecule has 1 fully saturated rings. The predicted octanol–water partition coefficient (Wildman–Crippen LogP) is 3.68. The minimum absolute atomic E-state index is 0.000494. The quantitative estimate of drug-likeness (QED) is 0.823. The molecule has 1 aromatic carbocycles. The van der Waals surface area contributed by atoms with Gasteiger partial charge in [0.2, 0.25) is 5.43 Å². The number of fused-ring (bicyclic) bond motifs is 3. The number of hydrogen-bond acceptors (Lipinski definition) is 5. The molecule has 4 rings (SSSR count). The van der Waals surface area contributed by atoms with E-state index >= 15 is 0 Å². The summed E-state index contributed by atoms with van der Waals surface area (Å²) in [6, 6.07) is 2.17. The van der Waals surface area contributed by atoms with Crippen LogP contribution in [0.15, 0.2) is 22.0 Å². The summed E-state index contributed by atoms with van der Waals surface area (Å²) < 4.78 is 27.1. The number of pyridine rings is 1. The van der Waals surface area contributed by atoms with Gasteiger partial charge in [-0.15, -0.1) is 11.8 Å². The van der Waals surface area contributed by atoms with Crippen molar-refractivity contribution in [1.29, 1.82) is 0 Å². The van der Waals surface area contributed by atoms with Gasteiger partial charge in [0.25, 0.3) is 0 Å². The summed E-state index contributed by atoms with van der Waals surface area (Å²) in [6.07, 6.45) is 2.58. The van der Waals surface area contributed by atoms with Crippen molar-refractivity contribution >= 4 is 40.2 Å². The highest BCUT2D eigenvalue weighted by molar-refractivity contribution is 7.99. The third kappa shape index (κ3) is 3.35. The van der Waals surface area contributed by atoms with E-state index in [-0.39, 0.29) is 28.3 Å². The second-order valence-corrected chi connectivity index (χ2v) is 7.98. The zero-order valence-corrected chi connectivity index (χ0v) is 15.8. The van der Waals surface area contributed by atoms with Crippen molar-refractivity contribution in [3.05, 3.63) is 38.8 Å². The van der Waals surface area contributed by atoms with Gasteiger partial charge in [0.15, 0.2) is 6.29 Å². The van der Waals surface area contributed by atoms with Gasteiger partial charge in [-0.25, -0.2) is 9.18 Å². The van der Waals surface area contributed by atoms with E-state index in [1.54, 1.807) is 4.57 Å². The van der Waals surface area contributed by atoms with Crippen molar-refractivity contribution in [2.45, 2.75) is 36.6 Å². The molecule has 0 bridgehead atoms. The molecule has 3 heterocycles. The lowest BCUT2D eigenvalue weighted by Gasteiger charge is -2.25. The van der Waals surface area contributed by atoms with Gasteiger partial charge in [0.1, 0.15) is 11.4 Å². The molecule has 6 nitrogen and oxygen atoms in total. The average Bonchev–Trinajstić information content (AvgIpc) is 3.06. The van der Waals surface area contributed by atoms with Gasteiger partial charge in [-0.3, -0.25) is 4.79 Å². The Balaban J connectivity index is 1.79. The number of carbonyl (C=O) groups is 1. The topological polar surface area (TPSA) is 77.8 Å². The highest BCUT2D eigenvalue weighted by atomic mass is 35.5. The number of carboxylic acid groups (broad SMARTS) is 1. The maximum atomic E-state index is 13.9. The second-order valence-electron chi connectivity index (χ2n) is 6.56. The number of rotatable bonds is 4. The van der Waals surface area contributed by atoms with Crippen molar-refractivity contribution in [3.63, 3.8) is 0 Å². The van der Waals surface area contributed by atoms with E-state index in [1.807, 2.05) is 0 Å². The van der Waals surface area contributed by atoms with Gasteiger partial charge in [0.05, 0.1) is 28.2 Å². The molecule has 2 atom stereocenters. The van der Waals surface area contributed by atoms with Gasteiger partial charge in [-0.2, -0.15) is 0 Å². The first kappa shape index (κ1) is 18.7. The number of hydrogen-bond donors (Lipinski definition) is 1. The first-order valence-corrected chi connectivity index (χ1v) is 10.00. The monoisotopic (exact) mass is 413 g/mol. The molecular weight excluding hydrogens is 397 g/mol. The van der Waals surface area contributed by atoms with Crippen LogP contribution >= 0.6 is 23.4 Å². The molecule has 9 heteroatoms. The zero-order valence-electron chi connectivity index (χ0n) is 14.2. The fraction of sp³-hybridized carbons (Fsp3) is 0.444. The standard InChI is InChI=1S/C18H17ClFNO5S/c19-11-6-13-10(5-12(11)20)16(22)15(18(23)24)17-21(13)9(8-27-17)7-26-14-3-1-2-4-25-14/h5-6,9,14H,1-4,7-8H2,(H,23,24). The highest BCUT2D eigenvalue weighted by Gasteiger charge is 2.32. The molecule has 0 amide bonds. The first-order chi connectivity index (χ1) is 13.0. The molecule has 2 unspecified atom stereocenters. The second kappa shape index (κ2) is 7.43. The number of benzene rings is 1. The highest BCUT2D eigenvalue weighted by Crippen LogP contribution is 2.39. The van der Waals surface area contributed by atoms with Crippen LogP contribution in [0, 0.1) is 5.82 Å². The van der Waals surface area contributed by atoms with E-state index in [4.69, 9.17) is 21.1 Å². The number of ether oxygens (including phenoxy) is 2. The van der Waals surface area contributed by atoms with Crippen LogP contribution < -0.4 is 5.43 Å². The van der Waals surface area contributed by atoms with Gasteiger partial charge in [-0.05, 0) is 31.4 Å². The Bertz CT molecular complexity index is 973. The smallest absolute Gasteiger partial charge is 0.342 e. The molecule has 1 aromatic heterocycles. The van der Waals surface area contributed by atoms with Crippen LogP contribution in [0.25, 0.3) is 10.9 Å². The Morgan fingerprint density at radius 3 is 2.96 bits per heavy atom. The van der Waals surface area contributed by atoms with Crippen molar-refractivity contribution in [1.82, 2.24) is 4.57 Å². The van der Waals surface area contributed by atoms with Gasteiger partial charge >= 0.3 is 5.97 Å². The molecular formula is C18H17ClFNO5S. The maximum absolute atomic E-state index is 13.9. The lowest BCUT2D eigenvalue weighted by Crippen LogP contribution is -2.27. The number of carboxylic acids is 1. The van der Waals surface area contributed by atoms with E-state index < -0.39 is 17.2 Å². The number of aromatic nitrogens is 1. The summed E-state index contributed by atoms with van der Waals surface area (Å²) in [5, 5.41) is 9.76. The summed E-state index contributed by atoms with van der Waals surface area (Å²) in [4.78, 5) is 24.3. The largest absolute Gasteiger partial charge is 0.477 e. The maximum Gasteiger partial charge on any atom is 0.342 e. The summed E-state index contributed by atoms with van der Waals surface area (Å²) in [5.41, 5.74) is -0.635. The average molecular weight is 414 g/mol. The predicted molar refractivity (Wildman–Crippen MR) is 99.4 cm³/mol. The summed E-state index contributed by atoms with van der Waals surface area (Å²) in [5.74, 6) is -1.54. The van der Waals surface area contributed by atoms with Crippen molar-refractivity contribution in [2.75, 3.05) is 19.0 Å². The molecule has 27 heavy (non-hydrogen) atoms. The van der Waals surface area contributed by atoms with Crippen LogP contribution in [0.2, 0.25) is 5.02 Å². The molecule has 0 aliphatic carbocycles. The molecule has 2 aromatic rings. The fourth-order valence-electron chi connectivity index (χ4n) is 3.51. The zero-order chi connectivity index (χ0) is 19.1. The first-order valence-electron chi connectivity index (χ1n) is 8.64. The summed E-state index contributed by atoms with van der Waals surface area (Å²) in [6.45, 7) is 0.963. The third-order valence-electron chi connectivity index (χ3n) is 4.81. The summed E-state index contributed by atoms with van der Waals surface area (Å²) >= 11 is 7.21. The molecule has 0 spiro atoms. The SMILES string of the molecule is O=C(O)c1c2n(c3cc(Cl)c(F)cc3c1=O)C(COC1CCCCO1)CS2. The lowest BCUT2D eigenvalue weighted by molar-refractivity contribution is -0.166. The van der Waals surface area contributed by atoms with Crippen LogP contribution in [0.1, 0.15) is 35.7 Å². The molecule has 144 valence electrons. The van der Waals surface area contributed by atoms with Crippen molar-refractivity contribution in [2.24, 2.45) is 0 Å². The van der Waals surface area contributed by atoms with E-state index in [0.717, 1.165) is 25.3 Å². The number of nitrogens with zero attached hydrogens (tertiary/aromatic N) is 1. The van der Waals surface area contributed by atoms with E-state index in [0.29, 0.717) is 29.5 Å². The Labute approximate surface area is 163 Å². The van der Waals surface area contributed by atoms with Crippen molar-refractivity contribution < 1.29 is 23.8 Å². The molecule has 2 aliphatic rings. The van der Waals surface area contributed by atoms with Crippen LogP contribution in [-0.2, 0) is 9.47 Å². The van der Waals surface area contributed by atoms with Crippen LogP contribution in [-0.4, -0.2) is 40.9 Å². The number of aromatic carboxylic acids is 1. The van der Waals surface area contributed by atoms with Gasteiger partial charge < -0.3 is 19.1 Å². The molecule has 0 saturated carbocycles. The minimum Gasteiger partial charge on any atom is -0.477 e. The summed E-state index contributed by atoms with van der Waals surface area (Å²) in [7, 11) is 0. The van der Waals surface area contributed by atoms with Crippen LogP contribution in [0.4, 0.5) is 4.39 Å². The Hall–Kier alpha value is -1.61. The van der Waals surface area contributed by atoms with Crippen LogP contribution in [0.3, 0.4) is 0 Å². The lowest BCUT2D eigenvalue weighted by atomic mass is 10.1. The van der Waals surface area contributed by atoms with Gasteiger partial charge in [-0.1, -0.05) is 11.6 Å². The fourth-order valence-corrected chi connectivity index (χ4v) is 4.97.